The summed E-state index contributed by atoms with van der Waals surface area (Å²) in [5.41, 5.74) is 5.60. The number of sulfone groups is 1. The Balaban J connectivity index is 1.66. The summed E-state index contributed by atoms with van der Waals surface area (Å²) in [4.78, 5) is 9.34. The largest absolute Gasteiger partial charge is 0.508 e. The highest BCUT2D eigenvalue weighted by molar-refractivity contribution is 7.89. The fraction of sp³-hybridized carbons (Fsp3) is 0.154. The van der Waals surface area contributed by atoms with E-state index in [4.69, 9.17) is 4.98 Å². The molecule has 0 aliphatic heterocycles. The second-order valence-corrected chi connectivity index (χ2v) is 9.94. The zero-order valence-electron chi connectivity index (χ0n) is 17.8. The van der Waals surface area contributed by atoms with Crippen molar-refractivity contribution in [3.63, 3.8) is 0 Å². The molecule has 0 saturated carbocycles. The predicted molar refractivity (Wildman–Crippen MR) is 126 cm³/mol. The smallest absolute Gasteiger partial charge is 0.160 e. The van der Waals surface area contributed by atoms with Gasteiger partial charge in [0.2, 0.25) is 0 Å². The average molecular weight is 445 g/mol. The van der Waals surface area contributed by atoms with Gasteiger partial charge in [-0.15, -0.1) is 0 Å². The molecule has 1 N–H and O–H groups in total. The topological polar surface area (TPSA) is 80.2 Å². The monoisotopic (exact) mass is 444 g/mol. The number of phenols is 1. The summed E-state index contributed by atoms with van der Waals surface area (Å²) in [6.45, 7) is 2.03. The van der Waals surface area contributed by atoms with Crippen LogP contribution >= 0.6 is 0 Å². The maximum absolute atomic E-state index is 12.9. The van der Waals surface area contributed by atoms with Crippen LogP contribution in [0.5, 0.6) is 5.75 Å². The average Bonchev–Trinajstić information content (AvgIpc) is 2.77. The molecule has 162 valence electrons. The third kappa shape index (κ3) is 5.59. The number of aryl methyl sites for hydroxylation is 1. The van der Waals surface area contributed by atoms with Crippen molar-refractivity contribution in [2.45, 2.75) is 24.9 Å². The second kappa shape index (κ2) is 9.32. The third-order valence-electron chi connectivity index (χ3n) is 5.17. The van der Waals surface area contributed by atoms with Gasteiger partial charge >= 0.3 is 0 Å². The number of aromatic hydroxyl groups is 1. The summed E-state index contributed by atoms with van der Waals surface area (Å²) in [6.07, 6.45) is 2.14. The molecule has 0 saturated heterocycles. The van der Waals surface area contributed by atoms with Crippen molar-refractivity contribution in [2.24, 2.45) is 0 Å². The van der Waals surface area contributed by atoms with Gasteiger partial charge in [-0.25, -0.2) is 13.4 Å². The Kier molecular flexibility index (Phi) is 6.32. The molecule has 0 aliphatic rings. The first-order chi connectivity index (χ1) is 15.4. The van der Waals surface area contributed by atoms with E-state index in [2.05, 4.69) is 4.98 Å². The molecule has 1 aromatic heterocycles. The molecule has 6 heteroatoms. The first-order valence-corrected chi connectivity index (χ1v) is 12.1. The molecule has 0 bridgehead atoms. The lowest BCUT2D eigenvalue weighted by Crippen LogP contribution is -2.12. The molecule has 0 atom stereocenters. The van der Waals surface area contributed by atoms with Crippen LogP contribution in [0.25, 0.3) is 11.3 Å². The maximum Gasteiger partial charge on any atom is 0.160 e. The van der Waals surface area contributed by atoms with Crippen molar-refractivity contribution >= 4 is 9.84 Å². The van der Waals surface area contributed by atoms with E-state index in [9.17, 15) is 13.5 Å². The van der Waals surface area contributed by atoms with E-state index >= 15 is 0 Å². The van der Waals surface area contributed by atoms with Crippen LogP contribution in [0, 0.1) is 6.92 Å². The Morgan fingerprint density at radius 2 is 1.47 bits per heavy atom. The van der Waals surface area contributed by atoms with Gasteiger partial charge in [0.15, 0.2) is 9.84 Å². The third-order valence-corrected chi connectivity index (χ3v) is 6.66. The Bertz CT molecular complexity index is 1300. The fourth-order valence-corrected chi connectivity index (χ4v) is 4.93. The molecule has 4 rings (SSSR count). The quantitative estimate of drug-likeness (QED) is 0.440. The van der Waals surface area contributed by atoms with Crippen LogP contribution < -0.4 is 0 Å². The van der Waals surface area contributed by atoms with Gasteiger partial charge in [0.1, 0.15) is 5.75 Å². The first kappa shape index (κ1) is 21.7. The lowest BCUT2D eigenvalue weighted by atomic mass is 10.1. The number of benzene rings is 3. The summed E-state index contributed by atoms with van der Waals surface area (Å²) in [5, 5.41) is 9.43. The highest BCUT2D eigenvalue weighted by Crippen LogP contribution is 2.22. The molecule has 0 spiro atoms. The van der Waals surface area contributed by atoms with Crippen LogP contribution in [-0.2, 0) is 27.8 Å². The molecule has 0 amide bonds. The zero-order valence-corrected chi connectivity index (χ0v) is 18.6. The minimum atomic E-state index is -3.48. The number of nitrogens with zero attached hydrogens (tertiary/aromatic N) is 2. The number of phenolic OH excluding ortho intramolecular Hbond substituents is 1. The number of hydrogen-bond acceptors (Lipinski definition) is 5. The van der Waals surface area contributed by atoms with E-state index in [-0.39, 0.29) is 17.3 Å². The minimum absolute atomic E-state index is 0.105. The molecule has 5 nitrogen and oxygen atoms in total. The van der Waals surface area contributed by atoms with E-state index in [1.54, 1.807) is 18.3 Å². The van der Waals surface area contributed by atoms with Gasteiger partial charge in [-0.3, -0.25) is 4.98 Å². The number of aromatic nitrogens is 2. The van der Waals surface area contributed by atoms with Crippen LogP contribution in [0.1, 0.15) is 28.1 Å². The molecule has 0 fully saturated rings. The fourth-order valence-electron chi connectivity index (χ4n) is 3.47. The Morgan fingerprint density at radius 3 is 2.16 bits per heavy atom. The van der Waals surface area contributed by atoms with Crippen molar-refractivity contribution in [3.05, 3.63) is 113 Å². The van der Waals surface area contributed by atoms with E-state index in [1.165, 1.54) is 12.1 Å². The van der Waals surface area contributed by atoms with Crippen LogP contribution in [-0.4, -0.2) is 23.5 Å². The molecule has 0 aliphatic carbocycles. The number of hydrogen-bond donors (Lipinski definition) is 1. The summed E-state index contributed by atoms with van der Waals surface area (Å²) in [5.74, 6) is -0.217. The number of rotatable bonds is 7. The van der Waals surface area contributed by atoms with Crippen molar-refractivity contribution in [3.8, 4) is 17.0 Å². The standard InChI is InChI=1S/C26H24N2O3S/c1-19-7-11-22(12-8-19)25-16-27-26(24(28-25)15-20-5-3-2-4-6-20)18-32(30,31)17-21-9-13-23(29)14-10-21/h2-14,16,29H,15,17-18H2,1H3. The first-order valence-electron chi connectivity index (χ1n) is 10.3. The van der Waals surface area contributed by atoms with Gasteiger partial charge in [0, 0.05) is 12.0 Å². The molecule has 4 aromatic rings. The molecule has 3 aromatic carbocycles. The summed E-state index contributed by atoms with van der Waals surface area (Å²) >= 11 is 0. The van der Waals surface area contributed by atoms with Crippen LogP contribution in [0.2, 0.25) is 0 Å². The van der Waals surface area contributed by atoms with Gasteiger partial charge in [0.05, 0.1) is 34.8 Å². The molecular formula is C26H24N2O3S. The van der Waals surface area contributed by atoms with E-state index in [1.807, 2.05) is 61.5 Å². The summed E-state index contributed by atoms with van der Waals surface area (Å²) in [7, 11) is -3.48. The van der Waals surface area contributed by atoms with Gasteiger partial charge in [0.25, 0.3) is 0 Å². The van der Waals surface area contributed by atoms with Crippen molar-refractivity contribution in [1.29, 1.82) is 0 Å². The minimum Gasteiger partial charge on any atom is -0.508 e. The van der Waals surface area contributed by atoms with Gasteiger partial charge in [-0.1, -0.05) is 72.3 Å². The summed E-state index contributed by atoms with van der Waals surface area (Å²) < 4.78 is 25.8. The zero-order chi connectivity index (χ0) is 22.6. The second-order valence-electron chi connectivity index (χ2n) is 7.88. The summed E-state index contributed by atoms with van der Waals surface area (Å²) in [6, 6.07) is 24.1. The highest BCUT2D eigenvalue weighted by atomic mass is 32.2. The SMILES string of the molecule is Cc1ccc(-c2cnc(CS(=O)(=O)Cc3ccc(O)cc3)c(Cc3ccccc3)n2)cc1. The van der Waals surface area contributed by atoms with Crippen molar-refractivity contribution in [2.75, 3.05) is 0 Å². The molecule has 1 heterocycles. The van der Waals surface area contributed by atoms with E-state index in [0.29, 0.717) is 23.4 Å². The van der Waals surface area contributed by atoms with Gasteiger partial charge in [-0.2, -0.15) is 0 Å². The van der Waals surface area contributed by atoms with Crippen LogP contribution in [0.4, 0.5) is 0 Å². The molecule has 0 radical (unpaired) electrons. The lowest BCUT2D eigenvalue weighted by Gasteiger charge is -2.12. The Morgan fingerprint density at radius 1 is 0.781 bits per heavy atom. The van der Waals surface area contributed by atoms with Gasteiger partial charge in [-0.05, 0) is 30.2 Å². The maximum atomic E-state index is 12.9. The van der Waals surface area contributed by atoms with Crippen LogP contribution in [0.15, 0.2) is 85.1 Å². The predicted octanol–water partition coefficient (Wildman–Crippen LogP) is 4.86. The Labute approximate surface area is 188 Å². The van der Waals surface area contributed by atoms with E-state index in [0.717, 1.165) is 22.4 Å². The normalized spacial score (nSPS) is 11.4. The van der Waals surface area contributed by atoms with Crippen molar-refractivity contribution < 1.29 is 13.5 Å². The van der Waals surface area contributed by atoms with Crippen LogP contribution in [0.3, 0.4) is 0 Å². The Hall–Kier alpha value is -3.51. The van der Waals surface area contributed by atoms with Crippen molar-refractivity contribution in [1.82, 2.24) is 9.97 Å². The lowest BCUT2D eigenvalue weighted by molar-refractivity contribution is 0.475. The highest BCUT2D eigenvalue weighted by Gasteiger charge is 2.19. The molecule has 32 heavy (non-hydrogen) atoms. The molecule has 0 unspecified atom stereocenters. The van der Waals surface area contributed by atoms with Gasteiger partial charge < -0.3 is 5.11 Å². The van der Waals surface area contributed by atoms with E-state index < -0.39 is 9.84 Å². The molecular weight excluding hydrogens is 420 g/mol.